The summed E-state index contributed by atoms with van der Waals surface area (Å²) >= 11 is 0. The molecule has 1 atom stereocenters. The maximum absolute atomic E-state index is 13.0. The van der Waals surface area contributed by atoms with Gasteiger partial charge < -0.3 is 14.7 Å². The summed E-state index contributed by atoms with van der Waals surface area (Å²) in [5.74, 6) is 1.02. The Kier molecular flexibility index (Phi) is 6.11. The quantitative estimate of drug-likeness (QED) is 0.663. The number of nitrogens with one attached hydrogen (secondary N) is 1. The standard InChI is InChI=1S/C24H26N4O3/c1-3-21(29)25-19-11-6-9-17(14-19)22-26-23(31-27-22)18-10-7-13-28(15-18)24(30)20-12-5-4-8-16(20)2/h4-6,8-9,11-12,14,18H,3,7,10,13,15H2,1-2H3,(H,25,29)/t18-/m0/s1. The highest BCUT2D eigenvalue weighted by Gasteiger charge is 2.29. The van der Waals surface area contributed by atoms with Crippen LogP contribution in [0.2, 0.25) is 0 Å². The van der Waals surface area contributed by atoms with E-state index >= 15 is 0 Å². The third-order valence-electron chi connectivity index (χ3n) is 5.60. The number of carbonyl (C=O) groups excluding carboxylic acids is 2. The van der Waals surface area contributed by atoms with Crippen molar-refractivity contribution < 1.29 is 14.1 Å². The average molecular weight is 418 g/mol. The number of carbonyl (C=O) groups is 2. The lowest BCUT2D eigenvalue weighted by atomic mass is 9.96. The molecule has 3 aromatic rings. The van der Waals surface area contributed by atoms with Crippen molar-refractivity contribution in [3.05, 3.63) is 65.5 Å². The Morgan fingerprint density at radius 1 is 1.19 bits per heavy atom. The van der Waals surface area contributed by atoms with Gasteiger partial charge in [0.05, 0.1) is 5.92 Å². The first-order chi connectivity index (χ1) is 15.0. The summed E-state index contributed by atoms with van der Waals surface area (Å²) in [5.41, 5.74) is 3.18. The second-order valence-electron chi connectivity index (χ2n) is 7.84. The molecule has 31 heavy (non-hydrogen) atoms. The minimum atomic E-state index is -0.0495. The van der Waals surface area contributed by atoms with E-state index in [0.29, 0.717) is 30.4 Å². The van der Waals surface area contributed by atoms with Gasteiger partial charge in [0.25, 0.3) is 5.91 Å². The molecule has 1 aliphatic rings. The molecule has 1 aliphatic heterocycles. The molecule has 7 heteroatoms. The van der Waals surface area contributed by atoms with Gasteiger partial charge in [-0.2, -0.15) is 4.98 Å². The summed E-state index contributed by atoms with van der Waals surface area (Å²) < 4.78 is 5.57. The smallest absolute Gasteiger partial charge is 0.254 e. The van der Waals surface area contributed by atoms with Crippen LogP contribution in [-0.2, 0) is 4.79 Å². The largest absolute Gasteiger partial charge is 0.339 e. The summed E-state index contributed by atoms with van der Waals surface area (Å²) in [6.45, 7) is 5.04. The second kappa shape index (κ2) is 9.12. The van der Waals surface area contributed by atoms with Crippen molar-refractivity contribution >= 4 is 17.5 Å². The van der Waals surface area contributed by atoms with E-state index in [2.05, 4.69) is 15.5 Å². The van der Waals surface area contributed by atoms with Crippen molar-refractivity contribution in [1.82, 2.24) is 15.0 Å². The first-order valence-electron chi connectivity index (χ1n) is 10.6. The lowest BCUT2D eigenvalue weighted by Crippen LogP contribution is -2.39. The van der Waals surface area contributed by atoms with Gasteiger partial charge in [-0.05, 0) is 43.5 Å². The summed E-state index contributed by atoms with van der Waals surface area (Å²) in [4.78, 5) is 31.1. The van der Waals surface area contributed by atoms with Gasteiger partial charge in [0.15, 0.2) is 0 Å². The number of benzene rings is 2. The predicted octanol–water partition coefficient (Wildman–Crippen LogP) is 4.41. The van der Waals surface area contributed by atoms with Crippen molar-refractivity contribution in [3.8, 4) is 11.4 Å². The van der Waals surface area contributed by atoms with Gasteiger partial charge in [-0.1, -0.05) is 42.4 Å². The summed E-state index contributed by atoms with van der Waals surface area (Å²) in [7, 11) is 0. The van der Waals surface area contributed by atoms with E-state index < -0.39 is 0 Å². The Hall–Kier alpha value is -3.48. The van der Waals surface area contributed by atoms with Gasteiger partial charge in [-0.3, -0.25) is 9.59 Å². The Morgan fingerprint density at radius 2 is 2.03 bits per heavy atom. The minimum absolute atomic E-state index is 0.00550. The molecule has 4 rings (SSSR count). The molecule has 2 heterocycles. The topological polar surface area (TPSA) is 88.3 Å². The summed E-state index contributed by atoms with van der Waals surface area (Å²) in [5, 5.41) is 6.98. The molecule has 0 aliphatic carbocycles. The zero-order chi connectivity index (χ0) is 21.8. The van der Waals surface area contributed by atoms with Crippen LogP contribution < -0.4 is 5.32 Å². The number of likely N-dealkylation sites (tertiary alicyclic amines) is 1. The first kappa shape index (κ1) is 20.8. The molecule has 2 amide bonds. The van der Waals surface area contributed by atoms with Crippen molar-refractivity contribution in [2.45, 2.75) is 39.0 Å². The lowest BCUT2D eigenvalue weighted by molar-refractivity contribution is -0.115. The molecule has 7 nitrogen and oxygen atoms in total. The number of aromatic nitrogens is 2. The predicted molar refractivity (Wildman–Crippen MR) is 118 cm³/mol. The third kappa shape index (κ3) is 4.66. The highest BCUT2D eigenvalue weighted by Crippen LogP contribution is 2.29. The van der Waals surface area contributed by atoms with Crippen LogP contribution >= 0.6 is 0 Å². The average Bonchev–Trinajstić information content (AvgIpc) is 3.30. The Labute approximate surface area is 181 Å². The van der Waals surface area contributed by atoms with E-state index in [1.807, 2.05) is 67.3 Å². The molecule has 1 N–H and O–H groups in total. The van der Waals surface area contributed by atoms with Gasteiger partial charge in [-0.15, -0.1) is 0 Å². The van der Waals surface area contributed by atoms with Gasteiger partial charge >= 0.3 is 0 Å². The van der Waals surface area contributed by atoms with Crippen LogP contribution in [-0.4, -0.2) is 39.9 Å². The Balaban J connectivity index is 1.49. The molecule has 1 fully saturated rings. The molecule has 0 unspecified atom stereocenters. The maximum atomic E-state index is 13.0. The fourth-order valence-electron chi connectivity index (χ4n) is 3.85. The van der Waals surface area contributed by atoms with Crippen molar-refractivity contribution in [3.63, 3.8) is 0 Å². The van der Waals surface area contributed by atoms with Gasteiger partial charge in [0, 0.05) is 36.3 Å². The van der Waals surface area contributed by atoms with E-state index in [1.54, 1.807) is 0 Å². The van der Waals surface area contributed by atoms with Crippen LogP contribution in [0.3, 0.4) is 0 Å². The molecule has 1 saturated heterocycles. The van der Waals surface area contributed by atoms with Crippen LogP contribution in [0.4, 0.5) is 5.69 Å². The molecule has 1 aromatic heterocycles. The molecule has 0 bridgehead atoms. The zero-order valence-corrected chi connectivity index (χ0v) is 17.8. The Morgan fingerprint density at radius 3 is 2.84 bits per heavy atom. The SMILES string of the molecule is CCC(=O)Nc1cccc(-c2noc([C@H]3CCCN(C(=O)c4ccccc4C)C3)n2)c1. The molecular weight excluding hydrogens is 392 g/mol. The first-order valence-corrected chi connectivity index (χ1v) is 10.6. The number of nitrogens with zero attached hydrogens (tertiary/aromatic N) is 3. The molecular formula is C24H26N4O3. The normalized spacial score (nSPS) is 16.2. The van der Waals surface area contributed by atoms with Gasteiger partial charge in [0.1, 0.15) is 0 Å². The number of hydrogen-bond acceptors (Lipinski definition) is 5. The van der Waals surface area contributed by atoms with Crippen molar-refractivity contribution in [2.75, 3.05) is 18.4 Å². The number of piperidine rings is 1. The Bertz CT molecular complexity index is 1090. The third-order valence-corrected chi connectivity index (χ3v) is 5.60. The summed E-state index contributed by atoms with van der Waals surface area (Å²) in [6.07, 6.45) is 2.19. The number of anilines is 1. The summed E-state index contributed by atoms with van der Waals surface area (Å²) in [6, 6.07) is 15.0. The number of amides is 2. The number of rotatable bonds is 5. The molecule has 0 spiro atoms. The molecule has 2 aromatic carbocycles. The van der Waals surface area contributed by atoms with Crippen LogP contribution in [0.1, 0.15) is 53.9 Å². The van der Waals surface area contributed by atoms with E-state index in [1.165, 1.54) is 0 Å². The van der Waals surface area contributed by atoms with Crippen molar-refractivity contribution in [1.29, 1.82) is 0 Å². The number of aryl methyl sites for hydroxylation is 1. The monoisotopic (exact) mass is 418 g/mol. The fourth-order valence-corrected chi connectivity index (χ4v) is 3.85. The lowest BCUT2D eigenvalue weighted by Gasteiger charge is -2.31. The van der Waals surface area contributed by atoms with Gasteiger partial charge in [-0.25, -0.2) is 0 Å². The number of hydrogen-bond donors (Lipinski definition) is 1. The van der Waals surface area contributed by atoms with Crippen LogP contribution in [0.5, 0.6) is 0 Å². The molecule has 0 saturated carbocycles. The van der Waals surface area contributed by atoms with Crippen LogP contribution in [0.25, 0.3) is 11.4 Å². The van der Waals surface area contributed by atoms with Crippen LogP contribution in [0.15, 0.2) is 53.1 Å². The fraction of sp³-hybridized carbons (Fsp3) is 0.333. The van der Waals surface area contributed by atoms with Crippen molar-refractivity contribution in [2.24, 2.45) is 0 Å². The molecule has 0 radical (unpaired) electrons. The molecule has 160 valence electrons. The minimum Gasteiger partial charge on any atom is -0.339 e. The maximum Gasteiger partial charge on any atom is 0.254 e. The van der Waals surface area contributed by atoms with E-state index in [-0.39, 0.29) is 17.7 Å². The highest BCUT2D eigenvalue weighted by molar-refractivity contribution is 5.95. The van der Waals surface area contributed by atoms with E-state index in [9.17, 15) is 9.59 Å². The van der Waals surface area contributed by atoms with E-state index in [0.717, 1.165) is 36.1 Å². The highest BCUT2D eigenvalue weighted by atomic mass is 16.5. The zero-order valence-electron chi connectivity index (χ0n) is 17.8. The van der Waals surface area contributed by atoms with E-state index in [4.69, 9.17) is 4.52 Å². The second-order valence-corrected chi connectivity index (χ2v) is 7.84. The van der Waals surface area contributed by atoms with Gasteiger partial charge in [0.2, 0.25) is 17.6 Å². The van der Waals surface area contributed by atoms with Crippen LogP contribution in [0, 0.1) is 6.92 Å².